The molecular weight excluding hydrogens is 254 g/mol. The maximum Gasteiger partial charge on any atom is 0.251 e. The summed E-state index contributed by atoms with van der Waals surface area (Å²) in [6.45, 7) is 1.44. The van der Waals surface area contributed by atoms with Gasteiger partial charge in [-0.3, -0.25) is 4.79 Å². The molecular formula is C15H17N3O2. The summed E-state index contributed by atoms with van der Waals surface area (Å²) < 4.78 is 7.03. The Balaban J connectivity index is 1.73. The van der Waals surface area contributed by atoms with Crippen LogP contribution in [-0.2, 0) is 4.74 Å². The molecule has 5 nitrogen and oxygen atoms in total. The first kappa shape index (κ1) is 12.9. The average molecular weight is 271 g/mol. The minimum atomic E-state index is -0.0362. The molecule has 0 spiro atoms. The maximum atomic E-state index is 12.3. The Bertz CT molecular complexity index is 575. The second kappa shape index (κ2) is 5.88. The summed E-state index contributed by atoms with van der Waals surface area (Å²) in [5.74, 6) is -0.0362. The fourth-order valence-corrected chi connectivity index (χ4v) is 2.32. The predicted octanol–water partition coefficient (Wildman–Crippen LogP) is 1.78. The lowest BCUT2D eigenvalue weighted by Crippen LogP contribution is -2.38. The summed E-state index contributed by atoms with van der Waals surface area (Å²) in [6, 6.07) is 9.54. The van der Waals surface area contributed by atoms with E-state index in [2.05, 4.69) is 10.4 Å². The molecule has 3 rings (SSSR count). The minimum absolute atomic E-state index is 0.0362. The van der Waals surface area contributed by atoms with Gasteiger partial charge in [-0.2, -0.15) is 5.10 Å². The SMILES string of the molecule is O=C(NC1CCOCC1)c1cccc(-n2cccn2)c1. The summed E-state index contributed by atoms with van der Waals surface area (Å²) in [5.41, 5.74) is 1.54. The highest BCUT2D eigenvalue weighted by molar-refractivity contribution is 5.94. The van der Waals surface area contributed by atoms with Crippen molar-refractivity contribution in [3.05, 3.63) is 48.3 Å². The number of hydrogen-bond acceptors (Lipinski definition) is 3. The monoisotopic (exact) mass is 271 g/mol. The number of benzene rings is 1. The Morgan fingerprint density at radius 3 is 2.90 bits per heavy atom. The second-order valence-corrected chi connectivity index (χ2v) is 4.86. The highest BCUT2D eigenvalue weighted by Gasteiger charge is 2.17. The van der Waals surface area contributed by atoms with E-state index in [0.717, 1.165) is 31.7 Å². The van der Waals surface area contributed by atoms with Gasteiger partial charge in [-0.05, 0) is 37.1 Å². The summed E-state index contributed by atoms with van der Waals surface area (Å²) in [7, 11) is 0. The van der Waals surface area contributed by atoms with Crippen molar-refractivity contribution < 1.29 is 9.53 Å². The molecule has 1 amide bonds. The Morgan fingerprint density at radius 2 is 2.15 bits per heavy atom. The van der Waals surface area contributed by atoms with Crippen LogP contribution in [0.1, 0.15) is 23.2 Å². The fourth-order valence-electron chi connectivity index (χ4n) is 2.32. The van der Waals surface area contributed by atoms with Gasteiger partial charge in [0.15, 0.2) is 0 Å². The van der Waals surface area contributed by atoms with Gasteiger partial charge in [-0.25, -0.2) is 4.68 Å². The van der Waals surface area contributed by atoms with Crippen LogP contribution >= 0.6 is 0 Å². The summed E-state index contributed by atoms with van der Waals surface area (Å²) in [6.07, 6.45) is 5.33. The summed E-state index contributed by atoms with van der Waals surface area (Å²) in [5, 5.41) is 7.23. The van der Waals surface area contributed by atoms with Gasteiger partial charge in [-0.1, -0.05) is 6.07 Å². The standard InChI is InChI=1S/C15H17N3O2/c19-15(17-13-5-9-20-10-6-13)12-3-1-4-14(11-12)18-8-2-7-16-18/h1-4,7-8,11,13H,5-6,9-10H2,(H,17,19). The van der Waals surface area contributed by atoms with Crippen molar-refractivity contribution in [1.82, 2.24) is 15.1 Å². The van der Waals surface area contributed by atoms with Crippen molar-refractivity contribution in [3.63, 3.8) is 0 Å². The van der Waals surface area contributed by atoms with Crippen LogP contribution in [-0.4, -0.2) is 34.9 Å². The largest absolute Gasteiger partial charge is 0.381 e. The van der Waals surface area contributed by atoms with Gasteiger partial charge in [0.1, 0.15) is 0 Å². The first-order valence-corrected chi connectivity index (χ1v) is 6.81. The van der Waals surface area contributed by atoms with Gasteiger partial charge >= 0.3 is 0 Å². The fraction of sp³-hybridized carbons (Fsp3) is 0.333. The molecule has 20 heavy (non-hydrogen) atoms. The van der Waals surface area contributed by atoms with Gasteiger partial charge in [0.25, 0.3) is 5.91 Å². The Kier molecular flexibility index (Phi) is 3.78. The van der Waals surface area contributed by atoms with Crippen LogP contribution in [0.2, 0.25) is 0 Å². The van der Waals surface area contributed by atoms with Crippen LogP contribution in [0.5, 0.6) is 0 Å². The molecule has 5 heteroatoms. The molecule has 1 N–H and O–H groups in total. The molecule has 0 aliphatic carbocycles. The van der Waals surface area contributed by atoms with Crippen LogP contribution in [0.4, 0.5) is 0 Å². The highest BCUT2D eigenvalue weighted by atomic mass is 16.5. The summed E-state index contributed by atoms with van der Waals surface area (Å²) >= 11 is 0. The van der Waals surface area contributed by atoms with Gasteiger partial charge in [0.2, 0.25) is 0 Å². The minimum Gasteiger partial charge on any atom is -0.381 e. The molecule has 1 aliphatic heterocycles. The molecule has 1 aromatic carbocycles. The quantitative estimate of drug-likeness (QED) is 0.925. The van der Waals surface area contributed by atoms with Crippen LogP contribution in [0.15, 0.2) is 42.7 Å². The van der Waals surface area contributed by atoms with E-state index in [4.69, 9.17) is 4.74 Å². The van der Waals surface area contributed by atoms with Crippen molar-refractivity contribution in [2.45, 2.75) is 18.9 Å². The van der Waals surface area contributed by atoms with E-state index in [1.165, 1.54) is 0 Å². The molecule has 2 heterocycles. The Hall–Kier alpha value is -2.14. The number of aromatic nitrogens is 2. The Morgan fingerprint density at radius 1 is 1.30 bits per heavy atom. The van der Waals surface area contributed by atoms with E-state index in [1.807, 2.05) is 36.5 Å². The Labute approximate surface area is 117 Å². The molecule has 1 aromatic heterocycles. The van der Waals surface area contributed by atoms with E-state index in [-0.39, 0.29) is 11.9 Å². The predicted molar refractivity (Wildman–Crippen MR) is 74.9 cm³/mol. The molecule has 2 aromatic rings. The van der Waals surface area contributed by atoms with Crippen molar-refractivity contribution >= 4 is 5.91 Å². The molecule has 104 valence electrons. The number of nitrogens with one attached hydrogen (secondary N) is 1. The van der Waals surface area contributed by atoms with E-state index < -0.39 is 0 Å². The lowest BCUT2D eigenvalue weighted by atomic mass is 10.1. The number of rotatable bonds is 3. The molecule has 1 saturated heterocycles. The lowest BCUT2D eigenvalue weighted by Gasteiger charge is -2.23. The van der Waals surface area contributed by atoms with Gasteiger partial charge in [0, 0.05) is 37.2 Å². The molecule has 0 bridgehead atoms. The zero-order valence-electron chi connectivity index (χ0n) is 11.2. The van der Waals surface area contributed by atoms with Gasteiger partial charge in [-0.15, -0.1) is 0 Å². The van der Waals surface area contributed by atoms with Crippen molar-refractivity contribution in [2.24, 2.45) is 0 Å². The number of nitrogens with zero attached hydrogens (tertiary/aromatic N) is 2. The maximum absolute atomic E-state index is 12.3. The first-order valence-electron chi connectivity index (χ1n) is 6.81. The molecule has 0 unspecified atom stereocenters. The molecule has 0 atom stereocenters. The zero-order chi connectivity index (χ0) is 13.8. The normalized spacial score (nSPS) is 16.0. The number of amides is 1. The lowest BCUT2D eigenvalue weighted by molar-refractivity contribution is 0.0696. The van der Waals surface area contributed by atoms with E-state index >= 15 is 0 Å². The van der Waals surface area contributed by atoms with Crippen molar-refractivity contribution in [2.75, 3.05) is 13.2 Å². The van der Waals surface area contributed by atoms with E-state index in [9.17, 15) is 4.79 Å². The van der Waals surface area contributed by atoms with Gasteiger partial charge < -0.3 is 10.1 Å². The number of carbonyl (C=O) groups excluding carboxylic acids is 1. The molecule has 0 radical (unpaired) electrons. The molecule has 1 fully saturated rings. The third kappa shape index (κ3) is 2.88. The smallest absolute Gasteiger partial charge is 0.251 e. The highest BCUT2D eigenvalue weighted by Crippen LogP contribution is 2.11. The second-order valence-electron chi connectivity index (χ2n) is 4.86. The van der Waals surface area contributed by atoms with E-state index in [1.54, 1.807) is 10.9 Å². The number of hydrogen-bond donors (Lipinski definition) is 1. The van der Waals surface area contributed by atoms with Crippen LogP contribution in [0.25, 0.3) is 5.69 Å². The van der Waals surface area contributed by atoms with Crippen LogP contribution in [0, 0.1) is 0 Å². The van der Waals surface area contributed by atoms with E-state index in [0.29, 0.717) is 5.56 Å². The topological polar surface area (TPSA) is 56.1 Å². The third-order valence-electron chi connectivity index (χ3n) is 3.43. The molecule has 1 aliphatic rings. The summed E-state index contributed by atoms with van der Waals surface area (Å²) in [4.78, 5) is 12.3. The molecule has 0 saturated carbocycles. The zero-order valence-corrected chi connectivity index (χ0v) is 11.2. The number of ether oxygens (including phenoxy) is 1. The first-order chi connectivity index (χ1) is 9.83. The van der Waals surface area contributed by atoms with Gasteiger partial charge in [0.05, 0.1) is 5.69 Å². The number of carbonyl (C=O) groups is 1. The average Bonchev–Trinajstić information content (AvgIpc) is 3.03. The van der Waals surface area contributed by atoms with Crippen molar-refractivity contribution in [1.29, 1.82) is 0 Å². The third-order valence-corrected chi connectivity index (χ3v) is 3.43. The van der Waals surface area contributed by atoms with Crippen LogP contribution < -0.4 is 5.32 Å². The van der Waals surface area contributed by atoms with Crippen molar-refractivity contribution in [3.8, 4) is 5.69 Å². The van der Waals surface area contributed by atoms with Crippen LogP contribution in [0.3, 0.4) is 0 Å².